The second-order valence-electron chi connectivity index (χ2n) is 4.06. The Balaban J connectivity index is 2.22. The number of anilines is 1. The van der Waals surface area contributed by atoms with E-state index in [1.165, 1.54) is 12.4 Å². The molecule has 1 fully saturated rings. The van der Waals surface area contributed by atoms with Gasteiger partial charge in [0.1, 0.15) is 12.1 Å². The van der Waals surface area contributed by atoms with Crippen molar-refractivity contribution in [3.8, 4) is 0 Å². The molecule has 0 spiro atoms. The Kier molecular flexibility index (Phi) is 3.33. The first-order valence-electron chi connectivity index (χ1n) is 5.56. The van der Waals surface area contributed by atoms with E-state index < -0.39 is 5.95 Å². The lowest BCUT2D eigenvalue weighted by atomic mass is 10.1. The van der Waals surface area contributed by atoms with Crippen molar-refractivity contribution in [2.24, 2.45) is 0 Å². The summed E-state index contributed by atoms with van der Waals surface area (Å²) in [6, 6.07) is 1.64. The first-order valence-corrected chi connectivity index (χ1v) is 5.56. The molecular formula is C11H16FN3O. The van der Waals surface area contributed by atoms with E-state index in [-0.39, 0.29) is 12.1 Å². The van der Waals surface area contributed by atoms with Gasteiger partial charge in [-0.25, -0.2) is 9.97 Å². The lowest BCUT2D eigenvalue weighted by molar-refractivity contribution is 0.0296. The fourth-order valence-corrected chi connectivity index (χ4v) is 1.94. The van der Waals surface area contributed by atoms with Gasteiger partial charge in [0.05, 0.1) is 18.8 Å². The van der Waals surface area contributed by atoms with Gasteiger partial charge in [-0.2, -0.15) is 4.39 Å². The molecule has 0 N–H and O–H groups in total. The molecule has 2 unspecified atom stereocenters. The molecule has 5 heteroatoms. The van der Waals surface area contributed by atoms with Crippen LogP contribution in [0.5, 0.6) is 0 Å². The van der Waals surface area contributed by atoms with E-state index in [0.29, 0.717) is 12.4 Å². The van der Waals surface area contributed by atoms with Gasteiger partial charge in [-0.3, -0.25) is 0 Å². The summed E-state index contributed by atoms with van der Waals surface area (Å²) in [7, 11) is 0. The van der Waals surface area contributed by atoms with Gasteiger partial charge in [0.25, 0.3) is 0 Å². The molecule has 0 radical (unpaired) electrons. The van der Waals surface area contributed by atoms with Crippen molar-refractivity contribution < 1.29 is 9.13 Å². The standard InChI is InChI=1S/C11H16FN3O/c1-3-9-6-16-8(2)5-15(9)11-4-10(12)13-7-14-11/h4,7-9H,3,5-6H2,1-2H3. The van der Waals surface area contributed by atoms with Crippen LogP contribution in [0.25, 0.3) is 0 Å². The second kappa shape index (κ2) is 4.74. The molecule has 0 aliphatic carbocycles. The van der Waals surface area contributed by atoms with Crippen LogP contribution in [0.3, 0.4) is 0 Å². The van der Waals surface area contributed by atoms with Gasteiger partial charge in [0.15, 0.2) is 0 Å². The summed E-state index contributed by atoms with van der Waals surface area (Å²) in [4.78, 5) is 9.68. The van der Waals surface area contributed by atoms with Crippen LogP contribution in [0.4, 0.5) is 10.2 Å². The minimum absolute atomic E-state index is 0.154. The highest BCUT2D eigenvalue weighted by molar-refractivity contribution is 5.39. The Hall–Kier alpha value is -1.23. The van der Waals surface area contributed by atoms with Crippen LogP contribution < -0.4 is 4.90 Å². The molecule has 0 saturated carbocycles. The number of aromatic nitrogens is 2. The third-order valence-electron chi connectivity index (χ3n) is 2.85. The molecule has 1 aromatic heterocycles. The highest BCUT2D eigenvalue weighted by Gasteiger charge is 2.26. The molecule has 0 aromatic carbocycles. The second-order valence-corrected chi connectivity index (χ2v) is 4.06. The summed E-state index contributed by atoms with van der Waals surface area (Å²) in [6.45, 7) is 5.52. The summed E-state index contributed by atoms with van der Waals surface area (Å²) < 4.78 is 18.6. The maximum Gasteiger partial charge on any atom is 0.218 e. The fourth-order valence-electron chi connectivity index (χ4n) is 1.94. The zero-order valence-electron chi connectivity index (χ0n) is 9.56. The zero-order chi connectivity index (χ0) is 11.5. The van der Waals surface area contributed by atoms with Gasteiger partial charge in [-0.05, 0) is 13.3 Å². The topological polar surface area (TPSA) is 38.2 Å². The van der Waals surface area contributed by atoms with Crippen molar-refractivity contribution in [1.29, 1.82) is 0 Å². The number of morpholine rings is 1. The third kappa shape index (κ3) is 2.29. The van der Waals surface area contributed by atoms with Crippen LogP contribution in [0.1, 0.15) is 20.3 Å². The molecule has 88 valence electrons. The predicted octanol–water partition coefficient (Wildman–Crippen LogP) is 1.62. The Morgan fingerprint density at radius 1 is 1.56 bits per heavy atom. The summed E-state index contributed by atoms with van der Waals surface area (Å²) in [5.41, 5.74) is 0. The molecule has 1 aromatic rings. The Bertz CT molecular complexity index is 361. The molecule has 16 heavy (non-hydrogen) atoms. The van der Waals surface area contributed by atoms with E-state index in [0.717, 1.165) is 13.0 Å². The lowest BCUT2D eigenvalue weighted by Crippen LogP contribution is -2.49. The highest BCUT2D eigenvalue weighted by atomic mass is 19.1. The number of halogens is 1. The minimum Gasteiger partial charge on any atom is -0.375 e. The quantitative estimate of drug-likeness (QED) is 0.717. The van der Waals surface area contributed by atoms with E-state index in [1.807, 2.05) is 6.92 Å². The lowest BCUT2D eigenvalue weighted by Gasteiger charge is -2.39. The van der Waals surface area contributed by atoms with Crippen LogP contribution in [0.15, 0.2) is 12.4 Å². The highest BCUT2D eigenvalue weighted by Crippen LogP contribution is 2.21. The smallest absolute Gasteiger partial charge is 0.218 e. The first-order chi connectivity index (χ1) is 7.70. The van der Waals surface area contributed by atoms with Crippen molar-refractivity contribution in [2.75, 3.05) is 18.1 Å². The van der Waals surface area contributed by atoms with E-state index in [1.54, 1.807) is 0 Å². The minimum atomic E-state index is -0.487. The van der Waals surface area contributed by atoms with E-state index in [9.17, 15) is 4.39 Å². The molecule has 2 atom stereocenters. The van der Waals surface area contributed by atoms with Crippen molar-refractivity contribution in [1.82, 2.24) is 9.97 Å². The van der Waals surface area contributed by atoms with Crippen LogP contribution in [-0.2, 0) is 4.74 Å². The molecule has 0 amide bonds. The van der Waals surface area contributed by atoms with Crippen LogP contribution >= 0.6 is 0 Å². The number of hydrogen-bond donors (Lipinski definition) is 0. The monoisotopic (exact) mass is 225 g/mol. The van der Waals surface area contributed by atoms with Crippen molar-refractivity contribution in [3.05, 3.63) is 18.3 Å². The normalized spacial score (nSPS) is 25.8. The summed E-state index contributed by atoms with van der Waals surface area (Å²) in [5, 5.41) is 0. The van der Waals surface area contributed by atoms with Crippen molar-refractivity contribution in [2.45, 2.75) is 32.4 Å². The number of rotatable bonds is 2. The Morgan fingerprint density at radius 3 is 3.06 bits per heavy atom. The number of ether oxygens (including phenoxy) is 1. The Labute approximate surface area is 94.5 Å². The van der Waals surface area contributed by atoms with Gasteiger partial charge in [0, 0.05) is 12.6 Å². The molecule has 1 aliphatic heterocycles. The van der Waals surface area contributed by atoms with E-state index >= 15 is 0 Å². The molecule has 0 bridgehead atoms. The summed E-state index contributed by atoms with van der Waals surface area (Å²) in [5.74, 6) is 0.161. The van der Waals surface area contributed by atoms with E-state index in [2.05, 4.69) is 21.8 Å². The molecule has 1 saturated heterocycles. The zero-order valence-corrected chi connectivity index (χ0v) is 9.56. The summed E-state index contributed by atoms with van der Waals surface area (Å²) in [6.07, 6.45) is 2.37. The molecule has 2 heterocycles. The first kappa shape index (κ1) is 11.3. The molecule has 1 aliphatic rings. The average molecular weight is 225 g/mol. The van der Waals surface area contributed by atoms with E-state index in [4.69, 9.17) is 4.74 Å². The maximum absolute atomic E-state index is 13.0. The largest absolute Gasteiger partial charge is 0.375 e. The number of hydrogen-bond acceptors (Lipinski definition) is 4. The maximum atomic E-state index is 13.0. The molecular weight excluding hydrogens is 209 g/mol. The van der Waals surface area contributed by atoms with Crippen LogP contribution in [-0.4, -0.2) is 35.3 Å². The number of nitrogens with zero attached hydrogens (tertiary/aromatic N) is 3. The van der Waals surface area contributed by atoms with Crippen molar-refractivity contribution >= 4 is 5.82 Å². The van der Waals surface area contributed by atoms with Crippen LogP contribution in [0, 0.1) is 5.95 Å². The SMILES string of the molecule is CCC1COC(C)CN1c1cc(F)ncn1. The summed E-state index contributed by atoms with van der Waals surface area (Å²) >= 11 is 0. The third-order valence-corrected chi connectivity index (χ3v) is 2.85. The fraction of sp³-hybridized carbons (Fsp3) is 0.636. The molecule has 2 rings (SSSR count). The van der Waals surface area contributed by atoms with Gasteiger partial charge in [-0.15, -0.1) is 0 Å². The van der Waals surface area contributed by atoms with Crippen molar-refractivity contribution in [3.63, 3.8) is 0 Å². The van der Waals surface area contributed by atoms with Gasteiger partial charge < -0.3 is 9.64 Å². The van der Waals surface area contributed by atoms with Gasteiger partial charge in [0.2, 0.25) is 5.95 Å². The van der Waals surface area contributed by atoms with Gasteiger partial charge in [-0.1, -0.05) is 6.92 Å². The average Bonchev–Trinajstić information content (AvgIpc) is 2.29. The van der Waals surface area contributed by atoms with Gasteiger partial charge >= 0.3 is 0 Å². The predicted molar refractivity (Wildman–Crippen MR) is 58.8 cm³/mol. The Morgan fingerprint density at radius 2 is 2.38 bits per heavy atom. The molecule has 4 nitrogen and oxygen atoms in total. The van der Waals surface area contributed by atoms with Crippen LogP contribution in [0.2, 0.25) is 0 Å².